The van der Waals surface area contributed by atoms with Crippen molar-refractivity contribution in [2.24, 2.45) is 0 Å². The Bertz CT molecular complexity index is 1090. The van der Waals surface area contributed by atoms with Gasteiger partial charge in [-0.15, -0.1) is 0 Å². The number of benzene rings is 2. The van der Waals surface area contributed by atoms with Gasteiger partial charge in [0.05, 0.1) is 22.0 Å². The Kier molecular flexibility index (Phi) is 6.61. The minimum Gasteiger partial charge on any atom is -0.492 e. The topological polar surface area (TPSA) is 80.3 Å². The van der Waals surface area contributed by atoms with Crippen molar-refractivity contribution >= 4 is 49.8 Å². The van der Waals surface area contributed by atoms with E-state index in [0.717, 1.165) is 16.6 Å². The van der Waals surface area contributed by atoms with E-state index < -0.39 is 10.0 Å². The molecule has 0 amide bonds. The van der Waals surface area contributed by atoms with Crippen LogP contribution in [0, 0.1) is 0 Å². The van der Waals surface area contributed by atoms with Crippen LogP contribution in [0.2, 0.25) is 10.0 Å². The van der Waals surface area contributed by atoms with Gasteiger partial charge in [-0.05, 0) is 49.4 Å². The quantitative estimate of drug-likeness (QED) is 0.510. The third kappa shape index (κ3) is 4.86. The molecule has 0 saturated carbocycles. The highest BCUT2D eigenvalue weighted by Gasteiger charge is 2.15. The Labute approximate surface area is 173 Å². The molecule has 1 aromatic heterocycles. The van der Waals surface area contributed by atoms with E-state index in [-0.39, 0.29) is 16.5 Å². The summed E-state index contributed by atoms with van der Waals surface area (Å²) in [6.45, 7) is 2.87. The molecule has 148 valence electrons. The summed E-state index contributed by atoms with van der Waals surface area (Å²) in [5.74, 6) is 0.453. The number of nitrogens with zero attached hydrogens (tertiary/aromatic N) is 1. The van der Waals surface area contributed by atoms with Gasteiger partial charge in [-0.1, -0.05) is 23.2 Å². The summed E-state index contributed by atoms with van der Waals surface area (Å²) < 4.78 is 32.8. The molecule has 0 saturated heterocycles. The molecule has 0 aliphatic carbocycles. The maximum Gasteiger partial charge on any atom is 0.240 e. The Balaban J connectivity index is 1.63. The number of hydrogen-bond acceptors (Lipinski definition) is 5. The summed E-state index contributed by atoms with van der Waals surface area (Å²) in [5, 5.41) is 4.99. The highest BCUT2D eigenvalue weighted by Crippen LogP contribution is 2.27. The minimum absolute atomic E-state index is 0.0879. The predicted molar refractivity (Wildman–Crippen MR) is 113 cm³/mol. The molecule has 6 nitrogen and oxygen atoms in total. The molecule has 0 aliphatic heterocycles. The normalized spacial score (nSPS) is 11.5. The number of anilines is 1. The average molecular weight is 440 g/mol. The lowest BCUT2D eigenvalue weighted by Crippen LogP contribution is -2.29. The lowest BCUT2D eigenvalue weighted by molar-refractivity contribution is 0.340. The molecule has 0 unspecified atom stereocenters. The standard InChI is InChI=1S/C19H19Cl2N3O3S/c1-2-27-19-6-4-14(12-16(19)21)28(25,26)24-10-9-23-17-7-8-22-18-11-13(20)3-5-15(17)18/h3-8,11-12,24H,2,9-10H2,1H3,(H,22,23). The monoisotopic (exact) mass is 439 g/mol. The van der Waals surface area contributed by atoms with E-state index in [9.17, 15) is 8.42 Å². The van der Waals surface area contributed by atoms with Crippen molar-refractivity contribution in [3.63, 3.8) is 0 Å². The van der Waals surface area contributed by atoms with Crippen LogP contribution in [0.25, 0.3) is 10.9 Å². The first-order chi connectivity index (χ1) is 13.4. The molecule has 3 rings (SSSR count). The molecule has 0 fully saturated rings. The molecular weight excluding hydrogens is 421 g/mol. The van der Waals surface area contributed by atoms with Crippen LogP contribution < -0.4 is 14.8 Å². The van der Waals surface area contributed by atoms with Crippen LogP contribution in [0.15, 0.2) is 53.6 Å². The zero-order chi connectivity index (χ0) is 20.1. The van der Waals surface area contributed by atoms with Crippen LogP contribution in [-0.4, -0.2) is 33.1 Å². The maximum atomic E-state index is 12.5. The number of halogens is 2. The van der Waals surface area contributed by atoms with E-state index in [0.29, 0.717) is 23.9 Å². The van der Waals surface area contributed by atoms with Crippen molar-refractivity contribution in [2.75, 3.05) is 25.0 Å². The third-order valence-electron chi connectivity index (χ3n) is 3.95. The number of aromatic nitrogens is 1. The summed E-state index contributed by atoms with van der Waals surface area (Å²) in [4.78, 5) is 4.37. The van der Waals surface area contributed by atoms with Crippen molar-refractivity contribution in [2.45, 2.75) is 11.8 Å². The number of sulfonamides is 1. The number of hydrogen-bond donors (Lipinski definition) is 2. The minimum atomic E-state index is -3.68. The zero-order valence-corrected chi connectivity index (χ0v) is 17.4. The van der Waals surface area contributed by atoms with E-state index in [1.807, 2.05) is 19.1 Å². The number of pyridine rings is 1. The van der Waals surface area contributed by atoms with Gasteiger partial charge >= 0.3 is 0 Å². The SMILES string of the molecule is CCOc1ccc(S(=O)(=O)NCCNc2ccnc3cc(Cl)ccc23)cc1Cl. The highest BCUT2D eigenvalue weighted by molar-refractivity contribution is 7.89. The number of nitrogens with one attached hydrogen (secondary N) is 2. The van der Waals surface area contributed by atoms with Gasteiger partial charge in [-0.3, -0.25) is 4.98 Å². The fraction of sp³-hybridized carbons (Fsp3) is 0.211. The molecule has 0 bridgehead atoms. The smallest absolute Gasteiger partial charge is 0.240 e. The van der Waals surface area contributed by atoms with Crippen LogP contribution >= 0.6 is 23.2 Å². The van der Waals surface area contributed by atoms with Crippen LogP contribution in [0.1, 0.15) is 6.92 Å². The summed E-state index contributed by atoms with van der Waals surface area (Å²) in [5.41, 5.74) is 1.62. The van der Waals surface area contributed by atoms with E-state index >= 15 is 0 Å². The van der Waals surface area contributed by atoms with Crippen LogP contribution in [0.5, 0.6) is 5.75 Å². The molecule has 3 aromatic rings. The summed E-state index contributed by atoms with van der Waals surface area (Å²) in [6.07, 6.45) is 1.67. The lowest BCUT2D eigenvalue weighted by Gasteiger charge is -2.12. The van der Waals surface area contributed by atoms with Gasteiger partial charge in [-0.25, -0.2) is 13.1 Å². The van der Waals surface area contributed by atoms with Crippen LogP contribution in [0.4, 0.5) is 5.69 Å². The summed E-state index contributed by atoms with van der Waals surface area (Å²) in [6, 6.07) is 11.7. The maximum absolute atomic E-state index is 12.5. The van der Waals surface area contributed by atoms with Crippen molar-refractivity contribution in [3.05, 3.63) is 58.7 Å². The Morgan fingerprint density at radius 3 is 2.64 bits per heavy atom. The number of fused-ring (bicyclic) bond motifs is 1. The fourth-order valence-corrected chi connectivity index (χ4v) is 4.19. The second kappa shape index (κ2) is 8.96. The average Bonchev–Trinajstić information content (AvgIpc) is 2.66. The van der Waals surface area contributed by atoms with Crippen molar-refractivity contribution < 1.29 is 13.2 Å². The highest BCUT2D eigenvalue weighted by atomic mass is 35.5. The molecule has 0 atom stereocenters. The van der Waals surface area contributed by atoms with E-state index in [1.54, 1.807) is 24.4 Å². The van der Waals surface area contributed by atoms with E-state index in [4.69, 9.17) is 27.9 Å². The number of ether oxygens (including phenoxy) is 1. The van der Waals surface area contributed by atoms with E-state index in [1.165, 1.54) is 12.1 Å². The summed E-state index contributed by atoms with van der Waals surface area (Å²) >= 11 is 12.1. The second-order valence-corrected chi connectivity index (χ2v) is 8.48. The largest absolute Gasteiger partial charge is 0.492 e. The van der Waals surface area contributed by atoms with E-state index in [2.05, 4.69) is 15.0 Å². The summed E-state index contributed by atoms with van der Waals surface area (Å²) in [7, 11) is -3.68. The van der Waals surface area contributed by atoms with Crippen LogP contribution in [0.3, 0.4) is 0 Å². The Hall–Kier alpha value is -2.06. The molecule has 2 aromatic carbocycles. The van der Waals surface area contributed by atoms with Crippen LogP contribution in [-0.2, 0) is 10.0 Å². The van der Waals surface area contributed by atoms with Crippen molar-refractivity contribution in [1.29, 1.82) is 0 Å². The van der Waals surface area contributed by atoms with Gasteiger partial charge in [0.25, 0.3) is 0 Å². The van der Waals surface area contributed by atoms with Gasteiger partial charge < -0.3 is 10.1 Å². The predicted octanol–water partition coefficient (Wildman–Crippen LogP) is 4.33. The first-order valence-corrected chi connectivity index (χ1v) is 10.8. The first-order valence-electron chi connectivity index (χ1n) is 8.61. The van der Waals surface area contributed by atoms with Gasteiger partial charge in [0, 0.05) is 35.4 Å². The molecule has 1 heterocycles. The fourth-order valence-electron chi connectivity index (χ4n) is 2.66. The second-order valence-electron chi connectivity index (χ2n) is 5.87. The number of rotatable bonds is 8. The zero-order valence-electron chi connectivity index (χ0n) is 15.1. The lowest BCUT2D eigenvalue weighted by atomic mass is 10.2. The van der Waals surface area contributed by atoms with Gasteiger partial charge in [0.1, 0.15) is 5.75 Å². The third-order valence-corrected chi connectivity index (χ3v) is 5.94. The molecule has 2 N–H and O–H groups in total. The molecule has 0 spiro atoms. The van der Waals surface area contributed by atoms with Gasteiger partial charge in [0.2, 0.25) is 10.0 Å². The Morgan fingerprint density at radius 2 is 1.89 bits per heavy atom. The Morgan fingerprint density at radius 1 is 1.07 bits per heavy atom. The molecule has 0 radical (unpaired) electrons. The van der Waals surface area contributed by atoms with Crippen molar-refractivity contribution in [3.8, 4) is 5.75 Å². The van der Waals surface area contributed by atoms with Gasteiger partial charge in [0.15, 0.2) is 0 Å². The molecule has 28 heavy (non-hydrogen) atoms. The first kappa shape index (κ1) is 20.7. The molecular formula is C19H19Cl2N3O3S. The van der Waals surface area contributed by atoms with Crippen molar-refractivity contribution in [1.82, 2.24) is 9.71 Å². The molecule has 9 heteroatoms. The molecule has 0 aliphatic rings. The van der Waals surface area contributed by atoms with Gasteiger partial charge in [-0.2, -0.15) is 0 Å².